The van der Waals surface area contributed by atoms with Crippen molar-refractivity contribution in [1.29, 1.82) is 0 Å². The minimum Gasteiger partial charge on any atom is -0.341 e. The van der Waals surface area contributed by atoms with Crippen LogP contribution in [-0.4, -0.2) is 40.5 Å². The van der Waals surface area contributed by atoms with Gasteiger partial charge in [0.25, 0.3) is 5.91 Å². The van der Waals surface area contributed by atoms with Gasteiger partial charge in [0, 0.05) is 24.5 Å². The third-order valence-corrected chi connectivity index (χ3v) is 6.65. The number of amides is 1. The number of aromatic nitrogens is 3. The van der Waals surface area contributed by atoms with E-state index in [-0.39, 0.29) is 16.6 Å². The highest BCUT2D eigenvalue weighted by Crippen LogP contribution is 2.33. The van der Waals surface area contributed by atoms with Crippen LogP contribution in [0.2, 0.25) is 5.02 Å². The Balaban J connectivity index is 1.65. The van der Waals surface area contributed by atoms with E-state index >= 15 is 0 Å². The first kappa shape index (κ1) is 19.3. The molecule has 148 valence electrons. The molecule has 1 amide bonds. The maximum atomic E-state index is 13.4. The molecule has 28 heavy (non-hydrogen) atoms. The van der Waals surface area contributed by atoms with E-state index in [4.69, 9.17) is 16.6 Å². The summed E-state index contributed by atoms with van der Waals surface area (Å²) in [6.07, 6.45) is 11.0. The average Bonchev–Trinajstić information content (AvgIpc) is 3.16. The number of thiazole rings is 1. The van der Waals surface area contributed by atoms with Gasteiger partial charge in [-0.1, -0.05) is 17.7 Å². The smallest absolute Gasteiger partial charge is 0.280 e. The number of hydrogen-bond acceptors (Lipinski definition) is 6. The lowest BCUT2D eigenvalue weighted by molar-refractivity contribution is 0.0985. The third-order valence-electron chi connectivity index (χ3n) is 5.19. The molecule has 0 unspecified atom stereocenters. The molecule has 2 aromatic heterocycles. The summed E-state index contributed by atoms with van der Waals surface area (Å²) in [7, 11) is 0. The number of hydrogen-bond donors (Lipinski definition) is 0. The Morgan fingerprint density at radius 2 is 2.00 bits per heavy atom. The number of carbonyl (C=O) groups is 1. The van der Waals surface area contributed by atoms with Gasteiger partial charge in [-0.2, -0.15) is 0 Å². The van der Waals surface area contributed by atoms with Gasteiger partial charge in [-0.3, -0.25) is 9.69 Å². The minimum atomic E-state index is -0.253. The Kier molecular flexibility index (Phi) is 5.92. The van der Waals surface area contributed by atoms with E-state index in [9.17, 15) is 4.79 Å². The van der Waals surface area contributed by atoms with E-state index < -0.39 is 0 Å². The molecule has 0 aromatic carbocycles. The highest BCUT2D eigenvalue weighted by atomic mass is 35.5. The van der Waals surface area contributed by atoms with Gasteiger partial charge < -0.3 is 4.90 Å². The van der Waals surface area contributed by atoms with Crippen molar-refractivity contribution in [1.82, 2.24) is 15.0 Å². The van der Waals surface area contributed by atoms with Crippen LogP contribution in [0.25, 0.3) is 0 Å². The van der Waals surface area contributed by atoms with E-state index in [1.54, 1.807) is 22.3 Å². The molecule has 1 aliphatic heterocycles. The molecule has 2 aromatic rings. The molecule has 2 aliphatic rings. The molecule has 1 saturated heterocycles. The summed E-state index contributed by atoms with van der Waals surface area (Å²) in [6, 6.07) is 0. The molecule has 0 N–H and O–H groups in total. The Morgan fingerprint density at radius 3 is 2.75 bits per heavy atom. The second-order valence-electron chi connectivity index (χ2n) is 7.19. The van der Waals surface area contributed by atoms with E-state index in [1.165, 1.54) is 23.9 Å². The number of halogens is 1. The lowest BCUT2D eigenvalue weighted by atomic mass is 10.0. The molecule has 0 bridgehead atoms. The molecule has 3 heterocycles. The Hall–Kier alpha value is -1.99. The highest BCUT2D eigenvalue weighted by molar-refractivity contribution is 7.16. The predicted molar refractivity (Wildman–Crippen MR) is 114 cm³/mol. The highest BCUT2D eigenvalue weighted by Gasteiger charge is 2.27. The number of piperidine rings is 1. The monoisotopic (exact) mass is 417 g/mol. The van der Waals surface area contributed by atoms with Crippen LogP contribution in [0.5, 0.6) is 0 Å². The lowest BCUT2D eigenvalue weighted by Gasteiger charge is -2.27. The van der Waals surface area contributed by atoms with Crippen molar-refractivity contribution in [2.45, 2.75) is 44.9 Å². The normalized spacial score (nSPS) is 16.5. The van der Waals surface area contributed by atoms with Gasteiger partial charge in [-0.15, -0.1) is 17.9 Å². The number of nitrogens with zero attached hydrogens (tertiary/aromatic N) is 5. The summed E-state index contributed by atoms with van der Waals surface area (Å²) in [5.74, 6) is 0.320. The minimum absolute atomic E-state index is 0.229. The molecular weight excluding hydrogens is 394 g/mol. The maximum absolute atomic E-state index is 13.4. The molecule has 0 saturated carbocycles. The summed E-state index contributed by atoms with van der Waals surface area (Å²) >= 11 is 7.92. The summed E-state index contributed by atoms with van der Waals surface area (Å²) in [5, 5.41) is 0.965. The van der Waals surface area contributed by atoms with Crippen molar-refractivity contribution < 1.29 is 4.79 Å². The fourth-order valence-electron chi connectivity index (χ4n) is 3.71. The standard InChI is InChI=1S/C20H24ClN5OS/c1-2-10-26(20-23-15-8-4-5-9-16(15)28-20)18(27)17-14(21)13-22-19(24-17)25-11-6-3-7-12-25/h2,13H,1,3-12H2. The molecule has 0 atom stereocenters. The van der Waals surface area contributed by atoms with Crippen LogP contribution in [0.3, 0.4) is 0 Å². The number of carbonyl (C=O) groups excluding carboxylic acids is 1. The topological polar surface area (TPSA) is 62.2 Å². The zero-order valence-corrected chi connectivity index (χ0v) is 17.4. The van der Waals surface area contributed by atoms with Gasteiger partial charge in [0.1, 0.15) is 0 Å². The number of rotatable bonds is 5. The van der Waals surface area contributed by atoms with Crippen LogP contribution in [0.1, 0.15) is 53.2 Å². The van der Waals surface area contributed by atoms with Crippen LogP contribution >= 0.6 is 22.9 Å². The van der Waals surface area contributed by atoms with Crippen LogP contribution in [0.15, 0.2) is 18.9 Å². The predicted octanol–water partition coefficient (Wildman–Crippen LogP) is 4.29. The van der Waals surface area contributed by atoms with Crippen LogP contribution in [0.4, 0.5) is 11.1 Å². The molecular formula is C20H24ClN5OS. The quantitative estimate of drug-likeness (QED) is 0.679. The van der Waals surface area contributed by atoms with Crippen LogP contribution < -0.4 is 9.80 Å². The Bertz CT molecular complexity index is 854. The Labute approximate surface area is 174 Å². The molecule has 1 aliphatic carbocycles. The largest absolute Gasteiger partial charge is 0.341 e. The van der Waals surface area contributed by atoms with Gasteiger partial charge >= 0.3 is 0 Å². The van der Waals surface area contributed by atoms with Crippen LogP contribution in [-0.2, 0) is 12.8 Å². The van der Waals surface area contributed by atoms with Crippen molar-refractivity contribution >= 4 is 39.9 Å². The summed E-state index contributed by atoms with van der Waals surface area (Å²) in [6.45, 7) is 5.99. The Morgan fingerprint density at radius 1 is 1.21 bits per heavy atom. The molecule has 4 rings (SSSR count). The molecule has 0 spiro atoms. The fraction of sp³-hybridized carbons (Fsp3) is 0.500. The molecule has 6 nitrogen and oxygen atoms in total. The first-order valence-corrected chi connectivity index (χ1v) is 11.1. The second kappa shape index (κ2) is 8.57. The summed E-state index contributed by atoms with van der Waals surface area (Å²) in [4.78, 5) is 32.0. The average molecular weight is 418 g/mol. The van der Waals surface area contributed by atoms with E-state index in [0.29, 0.717) is 17.6 Å². The van der Waals surface area contributed by atoms with Gasteiger partial charge in [0.2, 0.25) is 5.95 Å². The molecule has 1 fully saturated rings. The van der Waals surface area contributed by atoms with Gasteiger partial charge in [0.15, 0.2) is 10.8 Å². The van der Waals surface area contributed by atoms with Crippen molar-refractivity contribution in [3.63, 3.8) is 0 Å². The number of fused-ring (bicyclic) bond motifs is 1. The lowest BCUT2D eigenvalue weighted by Crippen LogP contribution is -2.34. The van der Waals surface area contributed by atoms with Crippen molar-refractivity contribution in [2.24, 2.45) is 0 Å². The summed E-state index contributed by atoms with van der Waals surface area (Å²) < 4.78 is 0. The van der Waals surface area contributed by atoms with E-state index in [2.05, 4.69) is 21.4 Å². The zero-order chi connectivity index (χ0) is 19.5. The van der Waals surface area contributed by atoms with Gasteiger partial charge in [-0.25, -0.2) is 15.0 Å². The summed E-state index contributed by atoms with van der Waals surface area (Å²) in [5.41, 5.74) is 1.35. The maximum Gasteiger partial charge on any atom is 0.280 e. The van der Waals surface area contributed by atoms with Crippen molar-refractivity contribution in [2.75, 3.05) is 29.4 Å². The zero-order valence-electron chi connectivity index (χ0n) is 15.9. The first-order chi connectivity index (χ1) is 13.7. The van der Waals surface area contributed by atoms with Gasteiger partial charge in [-0.05, 0) is 44.9 Å². The van der Waals surface area contributed by atoms with Crippen molar-refractivity contribution in [3.05, 3.63) is 40.1 Å². The first-order valence-electron chi connectivity index (χ1n) is 9.86. The SMILES string of the molecule is C=CCN(C(=O)c1nc(N2CCCCC2)ncc1Cl)c1nc2c(s1)CCCC2. The second-order valence-corrected chi connectivity index (χ2v) is 8.66. The number of anilines is 2. The number of aryl methyl sites for hydroxylation is 2. The van der Waals surface area contributed by atoms with Crippen molar-refractivity contribution in [3.8, 4) is 0 Å². The third kappa shape index (κ3) is 3.91. The molecule has 0 radical (unpaired) electrons. The molecule has 8 heteroatoms. The van der Waals surface area contributed by atoms with Gasteiger partial charge in [0.05, 0.1) is 16.9 Å². The fourth-order valence-corrected chi connectivity index (χ4v) is 5.04. The van der Waals surface area contributed by atoms with Crippen LogP contribution in [0, 0.1) is 0 Å². The van der Waals surface area contributed by atoms with E-state index in [0.717, 1.165) is 50.9 Å². The van der Waals surface area contributed by atoms with E-state index in [1.807, 2.05) is 0 Å².